The highest BCUT2D eigenvalue weighted by Gasteiger charge is 2.30. The zero-order valence-corrected chi connectivity index (χ0v) is 17.2. The Balaban J connectivity index is 1.83. The molecule has 7 nitrogen and oxygen atoms in total. The largest absolute Gasteiger partial charge is 0.416 e. The van der Waals surface area contributed by atoms with E-state index < -0.39 is 28.8 Å². The summed E-state index contributed by atoms with van der Waals surface area (Å²) >= 11 is 0. The molecule has 0 atom stereocenters. The van der Waals surface area contributed by atoms with Gasteiger partial charge in [-0.3, -0.25) is 14.4 Å². The predicted octanol–water partition coefficient (Wildman–Crippen LogP) is 2.85. The fourth-order valence-corrected chi connectivity index (χ4v) is 2.96. The number of rotatable bonds is 5. The number of benzene rings is 2. The summed E-state index contributed by atoms with van der Waals surface area (Å²) in [6, 6.07) is 12.0. The maximum absolute atomic E-state index is 13.0. The van der Waals surface area contributed by atoms with Crippen LogP contribution in [0.15, 0.2) is 59.4 Å². The highest BCUT2D eigenvalue weighted by Crippen LogP contribution is 2.30. The van der Waals surface area contributed by atoms with Gasteiger partial charge in [-0.05, 0) is 42.8 Å². The summed E-state index contributed by atoms with van der Waals surface area (Å²) in [4.78, 5) is 36.4. The summed E-state index contributed by atoms with van der Waals surface area (Å²) in [5, 5.41) is 9.05. The molecule has 1 heterocycles. The van der Waals surface area contributed by atoms with E-state index >= 15 is 0 Å². The summed E-state index contributed by atoms with van der Waals surface area (Å²) in [5.74, 6) is -1.02. The predicted molar refractivity (Wildman–Crippen MR) is 111 cm³/mol. The number of aromatic nitrogens is 2. The van der Waals surface area contributed by atoms with Gasteiger partial charge in [0.05, 0.1) is 11.3 Å². The van der Waals surface area contributed by atoms with E-state index in [0.717, 1.165) is 22.9 Å². The molecule has 0 saturated carbocycles. The van der Waals surface area contributed by atoms with Crippen molar-refractivity contribution in [3.63, 3.8) is 0 Å². The van der Waals surface area contributed by atoms with Gasteiger partial charge in [0.25, 0.3) is 11.8 Å². The van der Waals surface area contributed by atoms with Crippen molar-refractivity contribution in [2.75, 3.05) is 7.05 Å². The van der Waals surface area contributed by atoms with Gasteiger partial charge in [-0.2, -0.15) is 18.3 Å². The van der Waals surface area contributed by atoms with E-state index in [0.29, 0.717) is 11.1 Å². The topological polar surface area (TPSA) is 93.1 Å². The second kappa shape index (κ2) is 9.04. The molecular weight excluding hydrogens is 425 g/mol. The molecule has 0 saturated heterocycles. The first-order valence-electron chi connectivity index (χ1n) is 9.48. The van der Waals surface area contributed by atoms with Crippen molar-refractivity contribution in [2.24, 2.45) is 0 Å². The Morgan fingerprint density at radius 2 is 1.72 bits per heavy atom. The third kappa shape index (κ3) is 5.02. The number of alkyl halides is 3. The SMILES string of the molecule is CNC(=O)c1ccc(CNC(=O)c2nn(-c3cccc(C(F)(F)F)c3)c(C)cc2=O)cc1. The normalized spacial score (nSPS) is 11.2. The zero-order valence-electron chi connectivity index (χ0n) is 17.2. The van der Waals surface area contributed by atoms with E-state index in [9.17, 15) is 27.6 Å². The molecule has 0 unspecified atom stereocenters. The Morgan fingerprint density at radius 3 is 2.34 bits per heavy atom. The van der Waals surface area contributed by atoms with Crippen molar-refractivity contribution >= 4 is 11.8 Å². The lowest BCUT2D eigenvalue weighted by molar-refractivity contribution is -0.137. The van der Waals surface area contributed by atoms with Gasteiger partial charge >= 0.3 is 6.18 Å². The van der Waals surface area contributed by atoms with Gasteiger partial charge in [-0.1, -0.05) is 18.2 Å². The molecule has 166 valence electrons. The number of hydrogen-bond acceptors (Lipinski definition) is 4. The van der Waals surface area contributed by atoms with Crippen molar-refractivity contribution in [3.05, 3.63) is 92.9 Å². The maximum atomic E-state index is 13.0. The second-order valence-electron chi connectivity index (χ2n) is 6.92. The molecular formula is C22H19F3N4O3. The number of carbonyl (C=O) groups is 2. The molecule has 0 fully saturated rings. The molecule has 0 aliphatic carbocycles. The minimum atomic E-state index is -4.55. The van der Waals surface area contributed by atoms with Crippen molar-refractivity contribution in [2.45, 2.75) is 19.6 Å². The molecule has 0 spiro atoms. The summed E-state index contributed by atoms with van der Waals surface area (Å²) < 4.78 is 40.2. The van der Waals surface area contributed by atoms with Crippen LogP contribution in [0.25, 0.3) is 5.69 Å². The average molecular weight is 444 g/mol. The van der Waals surface area contributed by atoms with Crippen molar-refractivity contribution in [1.82, 2.24) is 20.4 Å². The first-order valence-corrected chi connectivity index (χ1v) is 9.48. The van der Waals surface area contributed by atoms with Crippen LogP contribution in [0.4, 0.5) is 13.2 Å². The van der Waals surface area contributed by atoms with Crippen LogP contribution in [-0.2, 0) is 12.7 Å². The number of aryl methyl sites for hydroxylation is 1. The van der Waals surface area contributed by atoms with Gasteiger partial charge in [0.1, 0.15) is 0 Å². The maximum Gasteiger partial charge on any atom is 0.416 e. The van der Waals surface area contributed by atoms with Crippen LogP contribution >= 0.6 is 0 Å². The summed E-state index contributed by atoms with van der Waals surface area (Å²) in [5.41, 5.74) is -0.510. The Labute approximate surface area is 180 Å². The molecule has 2 amide bonds. The van der Waals surface area contributed by atoms with E-state index in [2.05, 4.69) is 15.7 Å². The molecule has 0 aliphatic heterocycles. The van der Waals surface area contributed by atoms with Crippen LogP contribution in [-0.4, -0.2) is 28.6 Å². The van der Waals surface area contributed by atoms with Gasteiger partial charge in [0.15, 0.2) is 5.69 Å². The van der Waals surface area contributed by atoms with Gasteiger partial charge < -0.3 is 10.6 Å². The minimum absolute atomic E-state index is 0.0609. The van der Waals surface area contributed by atoms with Crippen LogP contribution in [0.3, 0.4) is 0 Å². The first-order chi connectivity index (χ1) is 15.1. The van der Waals surface area contributed by atoms with Gasteiger partial charge in [-0.25, -0.2) is 4.68 Å². The monoisotopic (exact) mass is 444 g/mol. The summed E-state index contributed by atoms with van der Waals surface area (Å²) in [7, 11) is 1.51. The number of halogens is 3. The van der Waals surface area contributed by atoms with Crippen LogP contribution in [0.1, 0.15) is 37.7 Å². The van der Waals surface area contributed by atoms with Crippen LogP contribution in [0, 0.1) is 6.92 Å². The highest BCUT2D eigenvalue weighted by molar-refractivity contribution is 5.94. The number of nitrogens with zero attached hydrogens (tertiary/aromatic N) is 2. The van der Waals surface area contributed by atoms with Crippen LogP contribution in [0.2, 0.25) is 0 Å². The lowest BCUT2D eigenvalue weighted by atomic mass is 10.1. The van der Waals surface area contributed by atoms with Gasteiger partial charge in [0, 0.05) is 30.9 Å². The molecule has 0 bridgehead atoms. The number of nitrogens with one attached hydrogen (secondary N) is 2. The minimum Gasteiger partial charge on any atom is -0.355 e. The standard InChI is InChI=1S/C22H19F3N4O3/c1-13-10-18(30)19(28-29(13)17-5-3-4-16(11-17)22(23,24)25)21(32)27-12-14-6-8-15(9-7-14)20(31)26-2/h3-11H,12H2,1-2H3,(H,26,31)(H,27,32). The molecule has 2 aromatic carbocycles. The number of amides is 2. The van der Waals surface area contributed by atoms with Crippen LogP contribution < -0.4 is 16.1 Å². The molecule has 3 rings (SSSR count). The average Bonchev–Trinajstić information content (AvgIpc) is 2.77. The van der Waals surface area contributed by atoms with Crippen molar-refractivity contribution < 1.29 is 22.8 Å². The first kappa shape index (κ1) is 22.7. The smallest absolute Gasteiger partial charge is 0.355 e. The van der Waals surface area contributed by atoms with E-state index in [4.69, 9.17) is 0 Å². The third-order valence-corrected chi connectivity index (χ3v) is 4.64. The van der Waals surface area contributed by atoms with Crippen LogP contribution in [0.5, 0.6) is 0 Å². The number of carbonyl (C=O) groups excluding carboxylic acids is 2. The molecule has 10 heteroatoms. The Hall–Kier alpha value is -3.95. The lowest BCUT2D eigenvalue weighted by Crippen LogP contribution is -2.31. The van der Waals surface area contributed by atoms with Crippen molar-refractivity contribution in [1.29, 1.82) is 0 Å². The van der Waals surface area contributed by atoms with E-state index in [1.54, 1.807) is 24.3 Å². The lowest BCUT2D eigenvalue weighted by Gasteiger charge is -2.13. The Morgan fingerprint density at radius 1 is 1.03 bits per heavy atom. The molecule has 32 heavy (non-hydrogen) atoms. The molecule has 0 aliphatic rings. The third-order valence-electron chi connectivity index (χ3n) is 4.64. The van der Waals surface area contributed by atoms with E-state index in [-0.39, 0.29) is 23.8 Å². The van der Waals surface area contributed by atoms with Gasteiger partial charge in [-0.15, -0.1) is 0 Å². The Kier molecular flexibility index (Phi) is 6.42. The molecule has 0 radical (unpaired) electrons. The Bertz CT molecular complexity index is 1220. The van der Waals surface area contributed by atoms with Gasteiger partial charge in [0.2, 0.25) is 5.43 Å². The molecule has 1 aromatic heterocycles. The molecule has 2 N–H and O–H groups in total. The van der Waals surface area contributed by atoms with E-state index in [1.165, 1.54) is 26.1 Å². The summed E-state index contributed by atoms with van der Waals surface area (Å²) in [6.07, 6.45) is -4.55. The highest BCUT2D eigenvalue weighted by atomic mass is 19.4. The molecule has 3 aromatic rings. The second-order valence-corrected chi connectivity index (χ2v) is 6.92. The quantitative estimate of drug-likeness (QED) is 0.633. The fraction of sp³-hybridized carbons (Fsp3) is 0.182. The van der Waals surface area contributed by atoms with Crippen molar-refractivity contribution in [3.8, 4) is 5.69 Å². The fourth-order valence-electron chi connectivity index (χ4n) is 2.96. The number of hydrogen-bond donors (Lipinski definition) is 2. The zero-order chi connectivity index (χ0) is 23.5. The summed E-state index contributed by atoms with van der Waals surface area (Å²) in [6.45, 7) is 1.57. The van der Waals surface area contributed by atoms with E-state index in [1.807, 2.05) is 0 Å².